The Kier molecular flexibility index (Phi) is 2.89. The molecule has 0 aromatic carbocycles. The van der Waals surface area contributed by atoms with Crippen LogP contribution in [0.25, 0.3) is 10.2 Å². The quantitative estimate of drug-likeness (QED) is 0.875. The number of rotatable bonds is 2. The zero-order valence-electron chi connectivity index (χ0n) is 10.9. The third-order valence-electron chi connectivity index (χ3n) is 3.21. The van der Waals surface area contributed by atoms with Crippen molar-refractivity contribution in [3.63, 3.8) is 0 Å². The Morgan fingerprint density at radius 1 is 1.42 bits per heavy atom. The van der Waals surface area contributed by atoms with Gasteiger partial charge in [0.15, 0.2) is 0 Å². The Labute approximate surface area is 114 Å². The normalized spacial score (nSPS) is 14.1. The highest BCUT2D eigenvalue weighted by atomic mass is 32.1. The van der Waals surface area contributed by atoms with Crippen LogP contribution in [0.2, 0.25) is 0 Å². The van der Waals surface area contributed by atoms with Crippen LogP contribution in [0, 0.1) is 0 Å². The summed E-state index contributed by atoms with van der Waals surface area (Å²) in [6.45, 7) is 3.74. The van der Waals surface area contributed by atoms with E-state index in [1.54, 1.807) is 0 Å². The van der Waals surface area contributed by atoms with Gasteiger partial charge in [-0.2, -0.15) is 0 Å². The van der Waals surface area contributed by atoms with Crippen LogP contribution in [0.5, 0.6) is 0 Å². The minimum atomic E-state index is -0.331. The third-order valence-corrected chi connectivity index (χ3v) is 4.40. The molecule has 2 aromatic heterocycles. The van der Waals surface area contributed by atoms with Gasteiger partial charge >= 0.3 is 0 Å². The number of carbonyl (C=O) groups excluding carboxylic acids is 1. The van der Waals surface area contributed by atoms with Gasteiger partial charge in [0.1, 0.15) is 4.83 Å². The van der Waals surface area contributed by atoms with Crippen molar-refractivity contribution in [1.82, 2.24) is 15.3 Å². The summed E-state index contributed by atoms with van der Waals surface area (Å²) in [5.41, 5.74) is 0.933. The first-order valence-electron chi connectivity index (χ1n) is 6.41. The number of aromatic nitrogens is 2. The van der Waals surface area contributed by atoms with Gasteiger partial charge in [0.25, 0.3) is 11.5 Å². The number of thiophene rings is 1. The summed E-state index contributed by atoms with van der Waals surface area (Å²) < 4.78 is 0. The number of hydrogen-bond acceptors (Lipinski definition) is 4. The van der Waals surface area contributed by atoms with Crippen molar-refractivity contribution in [2.45, 2.75) is 39.2 Å². The molecule has 5 nitrogen and oxygen atoms in total. The lowest BCUT2D eigenvalue weighted by atomic mass is 10.2. The molecule has 100 valence electrons. The maximum Gasteiger partial charge on any atom is 0.287 e. The molecule has 2 heterocycles. The monoisotopic (exact) mass is 277 g/mol. The first kappa shape index (κ1) is 12.3. The Hall–Kier alpha value is -1.69. The van der Waals surface area contributed by atoms with E-state index in [0.29, 0.717) is 10.2 Å². The number of nitrogens with one attached hydrogen (secondary N) is 2. The topological polar surface area (TPSA) is 74.8 Å². The standard InChI is InChI=1S/C13H15N3O2S/c1-6(2)14-12(18)10-15-11(17)9-7-4-3-5-8(7)19-13(9)16-10/h6H,3-5H2,1-2H3,(H,14,18)(H,15,16,17). The molecule has 0 saturated carbocycles. The van der Waals surface area contributed by atoms with Gasteiger partial charge in [-0.3, -0.25) is 9.59 Å². The van der Waals surface area contributed by atoms with Crippen molar-refractivity contribution >= 4 is 27.5 Å². The minimum Gasteiger partial charge on any atom is -0.347 e. The average molecular weight is 277 g/mol. The van der Waals surface area contributed by atoms with Gasteiger partial charge in [-0.1, -0.05) is 0 Å². The molecule has 2 aromatic rings. The highest BCUT2D eigenvalue weighted by Gasteiger charge is 2.22. The van der Waals surface area contributed by atoms with E-state index < -0.39 is 0 Å². The van der Waals surface area contributed by atoms with Crippen molar-refractivity contribution in [3.8, 4) is 0 Å². The molecule has 6 heteroatoms. The van der Waals surface area contributed by atoms with Gasteiger partial charge in [-0.15, -0.1) is 11.3 Å². The molecule has 0 saturated heterocycles. The minimum absolute atomic E-state index is 0.0156. The second-order valence-electron chi connectivity index (χ2n) is 5.08. The van der Waals surface area contributed by atoms with Crippen molar-refractivity contribution < 1.29 is 4.79 Å². The summed E-state index contributed by atoms with van der Waals surface area (Å²) in [5.74, 6) is -0.228. The summed E-state index contributed by atoms with van der Waals surface area (Å²) in [4.78, 5) is 32.9. The molecule has 0 aliphatic heterocycles. The number of carbonyl (C=O) groups is 1. The smallest absolute Gasteiger partial charge is 0.287 e. The number of aromatic amines is 1. The summed E-state index contributed by atoms with van der Waals surface area (Å²) in [5, 5.41) is 3.41. The predicted octanol–water partition coefficient (Wildman–Crippen LogP) is 1.61. The highest BCUT2D eigenvalue weighted by Crippen LogP contribution is 2.34. The van der Waals surface area contributed by atoms with Crippen LogP contribution in [-0.4, -0.2) is 21.9 Å². The Morgan fingerprint density at radius 2 is 2.21 bits per heavy atom. The predicted molar refractivity (Wildman–Crippen MR) is 74.9 cm³/mol. The van der Waals surface area contributed by atoms with Crippen molar-refractivity contribution in [3.05, 3.63) is 26.6 Å². The first-order chi connectivity index (χ1) is 9.06. The van der Waals surface area contributed by atoms with E-state index in [4.69, 9.17) is 0 Å². The van der Waals surface area contributed by atoms with Crippen LogP contribution < -0.4 is 10.9 Å². The Morgan fingerprint density at radius 3 is 2.95 bits per heavy atom. The SMILES string of the molecule is CC(C)NC(=O)c1nc2sc3c(c2c(=O)[nH]1)CCC3. The molecule has 1 aliphatic rings. The summed E-state index contributed by atoms with van der Waals surface area (Å²) >= 11 is 1.54. The molecule has 3 rings (SSSR count). The Bertz CT molecular complexity index is 714. The van der Waals surface area contributed by atoms with E-state index in [1.807, 2.05) is 13.8 Å². The molecular formula is C13H15N3O2S. The van der Waals surface area contributed by atoms with Crippen LogP contribution in [0.15, 0.2) is 4.79 Å². The van der Waals surface area contributed by atoms with Gasteiger partial charge in [0.2, 0.25) is 5.82 Å². The molecule has 0 unspecified atom stereocenters. The van der Waals surface area contributed by atoms with Crippen LogP contribution in [0.1, 0.15) is 41.3 Å². The van der Waals surface area contributed by atoms with Crippen molar-refractivity contribution in [2.24, 2.45) is 0 Å². The fourth-order valence-electron chi connectivity index (χ4n) is 2.44. The molecule has 0 atom stereocenters. The number of H-pyrrole nitrogens is 1. The van der Waals surface area contributed by atoms with E-state index in [-0.39, 0.29) is 23.3 Å². The van der Waals surface area contributed by atoms with Gasteiger partial charge in [-0.05, 0) is 38.7 Å². The zero-order chi connectivity index (χ0) is 13.6. The lowest BCUT2D eigenvalue weighted by Crippen LogP contribution is -2.32. The van der Waals surface area contributed by atoms with Gasteiger partial charge in [0, 0.05) is 10.9 Å². The second kappa shape index (κ2) is 4.45. The fourth-order valence-corrected chi connectivity index (χ4v) is 3.70. The molecule has 0 radical (unpaired) electrons. The molecule has 19 heavy (non-hydrogen) atoms. The molecule has 1 aliphatic carbocycles. The van der Waals surface area contributed by atoms with Crippen LogP contribution >= 0.6 is 11.3 Å². The Balaban J connectivity index is 2.11. The van der Waals surface area contributed by atoms with E-state index in [1.165, 1.54) is 16.2 Å². The summed E-state index contributed by atoms with van der Waals surface area (Å²) in [6.07, 6.45) is 3.06. The van der Waals surface area contributed by atoms with Gasteiger partial charge in [-0.25, -0.2) is 4.98 Å². The molecular weight excluding hydrogens is 262 g/mol. The van der Waals surface area contributed by atoms with Crippen molar-refractivity contribution in [1.29, 1.82) is 0 Å². The van der Waals surface area contributed by atoms with Crippen LogP contribution in [0.4, 0.5) is 0 Å². The maximum atomic E-state index is 12.1. The molecule has 2 N–H and O–H groups in total. The fraction of sp³-hybridized carbons (Fsp3) is 0.462. The van der Waals surface area contributed by atoms with Gasteiger partial charge < -0.3 is 10.3 Å². The lowest BCUT2D eigenvalue weighted by Gasteiger charge is -2.07. The molecule has 0 bridgehead atoms. The van der Waals surface area contributed by atoms with Gasteiger partial charge in [0.05, 0.1) is 5.39 Å². The van der Waals surface area contributed by atoms with Crippen LogP contribution in [-0.2, 0) is 12.8 Å². The number of aryl methyl sites for hydroxylation is 2. The van der Waals surface area contributed by atoms with Crippen LogP contribution in [0.3, 0.4) is 0 Å². The molecule has 1 amide bonds. The zero-order valence-corrected chi connectivity index (χ0v) is 11.7. The second-order valence-corrected chi connectivity index (χ2v) is 6.16. The average Bonchev–Trinajstić information content (AvgIpc) is 2.86. The summed E-state index contributed by atoms with van der Waals surface area (Å²) in [6, 6.07) is 0.0156. The van der Waals surface area contributed by atoms with Crippen molar-refractivity contribution in [2.75, 3.05) is 0 Å². The largest absolute Gasteiger partial charge is 0.347 e. The first-order valence-corrected chi connectivity index (χ1v) is 7.23. The number of amides is 1. The maximum absolute atomic E-state index is 12.1. The number of nitrogens with zero attached hydrogens (tertiary/aromatic N) is 1. The third kappa shape index (κ3) is 2.06. The van der Waals surface area contributed by atoms with E-state index in [0.717, 1.165) is 24.8 Å². The number of hydrogen-bond donors (Lipinski definition) is 2. The summed E-state index contributed by atoms with van der Waals surface area (Å²) in [7, 11) is 0. The highest BCUT2D eigenvalue weighted by molar-refractivity contribution is 7.18. The number of fused-ring (bicyclic) bond motifs is 3. The van der Waals surface area contributed by atoms with E-state index >= 15 is 0 Å². The molecule has 0 spiro atoms. The lowest BCUT2D eigenvalue weighted by molar-refractivity contribution is 0.0933. The van der Waals surface area contributed by atoms with E-state index in [9.17, 15) is 9.59 Å². The molecule has 0 fully saturated rings. The van der Waals surface area contributed by atoms with E-state index in [2.05, 4.69) is 15.3 Å².